The zero-order valence-corrected chi connectivity index (χ0v) is 11.6. The molecule has 1 saturated heterocycles. The molecule has 0 radical (unpaired) electrons. The van der Waals surface area contributed by atoms with E-state index in [1.807, 2.05) is 0 Å². The second-order valence-corrected chi connectivity index (χ2v) is 6.04. The molecule has 1 aliphatic carbocycles. The second-order valence-electron chi connectivity index (χ2n) is 6.04. The average molecular weight is 276 g/mol. The standard InChI is InChI=1S/C16H21FN2O/c17-13-3-1-12(2-4-13)5-8-19-15(20)14-11-16(14)6-9-18-10-7-16/h1-4,14,18H,5-11H2,(H,19,20). The van der Waals surface area contributed by atoms with Crippen molar-refractivity contribution in [2.45, 2.75) is 25.7 Å². The fraction of sp³-hybridized carbons (Fsp3) is 0.562. The third-order valence-electron chi connectivity index (χ3n) is 4.73. The highest BCUT2D eigenvalue weighted by atomic mass is 19.1. The minimum Gasteiger partial charge on any atom is -0.356 e. The van der Waals surface area contributed by atoms with Crippen LogP contribution in [0.4, 0.5) is 4.39 Å². The van der Waals surface area contributed by atoms with Crippen LogP contribution in [0.3, 0.4) is 0 Å². The topological polar surface area (TPSA) is 41.1 Å². The van der Waals surface area contributed by atoms with Crippen molar-refractivity contribution in [2.24, 2.45) is 11.3 Å². The molecule has 1 amide bonds. The van der Waals surface area contributed by atoms with E-state index in [0.29, 0.717) is 12.0 Å². The van der Waals surface area contributed by atoms with Gasteiger partial charge in [-0.1, -0.05) is 12.1 Å². The van der Waals surface area contributed by atoms with E-state index < -0.39 is 0 Å². The summed E-state index contributed by atoms with van der Waals surface area (Å²) < 4.78 is 12.8. The predicted molar refractivity (Wildman–Crippen MR) is 75.8 cm³/mol. The molecule has 0 aromatic heterocycles. The maximum absolute atomic E-state index is 12.8. The van der Waals surface area contributed by atoms with Gasteiger partial charge in [-0.05, 0) is 61.9 Å². The van der Waals surface area contributed by atoms with Gasteiger partial charge in [0, 0.05) is 12.5 Å². The Morgan fingerprint density at radius 2 is 2.00 bits per heavy atom. The van der Waals surface area contributed by atoms with E-state index in [-0.39, 0.29) is 17.6 Å². The first kappa shape index (κ1) is 13.6. The van der Waals surface area contributed by atoms with Gasteiger partial charge in [-0.3, -0.25) is 4.79 Å². The summed E-state index contributed by atoms with van der Waals surface area (Å²) in [5, 5.41) is 6.37. The molecule has 1 spiro atoms. The van der Waals surface area contributed by atoms with Crippen molar-refractivity contribution in [3.05, 3.63) is 35.6 Å². The Hall–Kier alpha value is -1.42. The van der Waals surface area contributed by atoms with Crippen LogP contribution in [0.15, 0.2) is 24.3 Å². The van der Waals surface area contributed by atoms with Crippen LogP contribution in [0.1, 0.15) is 24.8 Å². The lowest BCUT2D eigenvalue weighted by Gasteiger charge is -2.23. The lowest BCUT2D eigenvalue weighted by molar-refractivity contribution is -0.123. The maximum atomic E-state index is 12.8. The van der Waals surface area contributed by atoms with Gasteiger partial charge in [0.2, 0.25) is 5.91 Å². The van der Waals surface area contributed by atoms with Crippen molar-refractivity contribution in [3.63, 3.8) is 0 Å². The van der Waals surface area contributed by atoms with Gasteiger partial charge in [0.15, 0.2) is 0 Å². The predicted octanol–water partition coefficient (Wildman–Crippen LogP) is 1.87. The van der Waals surface area contributed by atoms with Gasteiger partial charge in [-0.2, -0.15) is 0 Å². The number of amides is 1. The maximum Gasteiger partial charge on any atom is 0.223 e. The van der Waals surface area contributed by atoms with E-state index >= 15 is 0 Å². The van der Waals surface area contributed by atoms with E-state index in [1.54, 1.807) is 12.1 Å². The Bertz CT molecular complexity index is 480. The third-order valence-corrected chi connectivity index (χ3v) is 4.73. The van der Waals surface area contributed by atoms with Gasteiger partial charge in [-0.15, -0.1) is 0 Å². The highest BCUT2D eigenvalue weighted by Gasteiger charge is 2.57. The van der Waals surface area contributed by atoms with Crippen LogP contribution in [0.5, 0.6) is 0 Å². The molecule has 1 saturated carbocycles. The monoisotopic (exact) mass is 276 g/mol. The number of hydrogen-bond acceptors (Lipinski definition) is 2. The number of nitrogens with one attached hydrogen (secondary N) is 2. The van der Waals surface area contributed by atoms with Crippen molar-refractivity contribution < 1.29 is 9.18 Å². The van der Waals surface area contributed by atoms with Crippen LogP contribution in [-0.4, -0.2) is 25.5 Å². The molecule has 2 N–H and O–H groups in total. The quantitative estimate of drug-likeness (QED) is 0.881. The third kappa shape index (κ3) is 2.85. The van der Waals surface area contributed by atoms with Gasteiger partial charge in [0.05, 0.1) is 0 Å². The number of carbonyl (C=O) groups is 1. The molecule has 1 atom stereocenters. The SMILES string of the molecule is O=C(NCCc1ccc(F)cc1)C1CC12CCNCC2. The molecule has 1 aliphatic heterocycles. The fourth-order valence-electron chi connectivity index (χ4n) is 3.30. The number of hydrogen-bond donors (Lipinski definition) is 2. The average Bonchev–Trinajstić information content (AvgIpc) is 3.15. The molecule has 1 aromatic carbocycles. The van der Waals surface area contributed by atoms with Gasteiger partial charge < -0.3 is 10.6 Å². The van der Waals surface area contributed by atoms with Crippen LogP contribution in [0, 0.1) is 17.2 Å². The molecule has 20 heavy (non-hydrogen) atoms. The first-order valence-electron chi connectivity index (χ1n) is 7.42. The Morgan fingerprint density at radius 1 is 1.30 bits per heavy atom. The molecule has 1 unspecified atom stereocenters. The van der Waals surface area contributed by atoms with Crippen molar-refractivity contribution in [1.82, 2.24) is 10.6 Å². The zero-order valence-electron chi connectivity index (χ0n) is 11.6. The van der Waals surface area contributed by atoms with Crippen LogP contribution >= 0.6 is 0 Å². The summed E-state index contributed by atoms with van der Waals surface area (Å²) in [6.07, 6.45) is 4.07. The van der Waals surface area contributed by atoms with Gasteiger partial charge in [0.1, 0.15) is 5.82 Å². The van der Waals surface area contributed by atoms with Crippen LogP contribution in [-0.2, 0) is 11.2 Å². The number of rotatable bonds is 4. The van der Waals surface area contributed by atoms with E-state index in [2.05, 4.69) is 10.6 Å². The molecule has 3 rings (SSSR count). The molecule has 4 heteroatoms. The van der Waals surface area contributed by atoms with E-state index in [0.717, 1.165) is 44.3 Å². The molecule has 0 bridgehead atoms. The summed E-state index contributed by atoms with van der Waals surface area (Å²) in [5.74, 6) is 0.204. The second kappa shape index (κ2) is 5.52. The molecular weight excluding hydrogens is 255 g/mol. The molecular formula is C16H21FN2O. The summed E-state index contributed by atoms with van der Waals surface area (Å²) >= 11 is 0. The van der Waals surface area contributed by atoms with Crippen molar-refractivity contribution in [3.8, 4) is 0 Å². The van der Waals surface area contributed by atoms with Crippen molar-refractivity contribution >= 4 is 5.91 Å². The number of halogens is 1. The van der Waals surface area contributed by atoms with Gasteiger partial charge >= 0.3 is 0 Å². The smallest absolute Gasteiger partial charge is 0.223 e. The molecule has 108 valence electrons. The summed E-state index contributed by atoms with van der Waals surface area (Å²) in [6.45, 7) is 2.72. The number of piperidine rings is 1. The lowest BCUT2D eigenvalue weighted by atomic mass is 9.92. The molecule has 1 heterocycles. The van der Waals surface area contributed by atoms with Gasteiger partial charge in [0.25, 0.3) is 0 Å². The van der Waals surface area contributed by atoms with Crippen LogP contribution in [0.25, 0.3) is 0 Å². The zero-order chi connectivity index (χ0) is 14.0. The Morgan fingerprint density at radius 3 is 2.70 bits per heavy atom. The summed E-state index contributed by atoms with van der Waals surface area (Å²) in [6, 6.07) is 6.46. The first-order chi connectivity index (χ1) is 9.70. The summed E-state index contributed by atoms with van der Waals surface area (Å²) in [5.41, 5.74) is 1.35. The summed E-state index contributed by atoms with van der Waals surface area (Å²) in [4.78, 5) is 12.1. The highest BCUT2D eigenvalue weighted by molar-refractivity contribution is 5.82. The Labute approximate surface area is 118 Å². The number of benzene rings is 1. The van der Waals surface area contributed by atoms with E-state index in [1.165, 1.54) is 12.1 Å². The molecule has 2 fully saturated rings. The fourth-order valence-corrected chi connectivity index (χ4v) is 3.30. The minimum absolute atomic E-state index is 0.203. The molecule has 2 aliphatic rings. The Kier molecular flexibility index (Phi) is 3.74. The normalized spacial score (nSPS) is 23.6. The summed E-state index contributed by atoms with van der Waals surface area (Å²) in [7, 11) is 0. The minimum atomic E-state index is -0.219. The first-order valence-corrected chi connectivity index (χ1v) is 7.42. The molecule has 3 nitrogen and oxygen atoms in total. The van der Waals surface area contributed by atoms with Crippen molar-refractivity contribution in [1.29, 1.82) is 0 Å². The van der Waals surface area contributed by atoms with E-state index in [9.17, 15) is 9.18 Å². The van der Waals surface area contributed by atoms with Crippen LogP contribution in [0.2, 0.25) is 0 Å². The van der Waals surface area contributed by atoms with E-state index in [4.69, 9.17) is 0 Å². The van der Waals surface area contributed by atoms with Crippen molar-refractivity contribution in [2.75, 3.05) is 19.6 Å². The highest BCUT2D eigenvalue weighted by Crippen LogP contribution is 2.58. The number of carbonyl (C=O) groups excluding carboxylic acids is 1. The molecule has 1 aromatic rings. The van der Waals surface area contributed by atoms with Crippen LogP contribution < -0.4 is 10.6 Å². The van der Waals surface area contributed by atoms with Gasteiger partial charge in [-0.25, -0.2) is 4.39 Å². The largest absolute Gasteiger partial charge is 0.356 e. The lowest BCUT2D eigenvalue weighted by Crippen LogP contribution is -2.34. The Balaban J connectivity index is 1.43.